The fraction of sp³-hybridized carbons (Fsp3) is 0.235. The summed E-state index contributed by atoms with van der Waals surface area (Å²) < 4.78 is 30.3. The molecule has 0 N–H and O–H groups in total. The van der Waals surface area contributed by atoms with Gasteiger partial charge in [-0.3, -0.25) is 0 Å². The van der Waals surface area contributed by atoms with Gasteiger partial charge < -0.3 is 4.42 Å². The first-order valence-corrected chi connectivity index (χ1v) is 8.81. The van der Waals surface area contributed by atoms with Crippen LogP contribution in [-0.2, 0) is 9.84 Å². The van der Waals surface area contributed by atoms with Crippen molar-refractivity contribution >= 4 is 31.8 Å². The van der Waals surface area contributed by atoms with Crippen LogP contribution in [0.4, 0.5) is 0 Å². The summed E-state index contributed by atoms with van der Waals surface area (Å²) in [6, 6.07) is 13.6. The van der Waals surface area contributed by atoms with Crippen LogP contribution >= 0.6 is 0 Å². The summed E-state index contributed by atoms with van der Waals surface area (Å²) in [6.07, 6.45) is 3.34. The lowest BCUT2D eigenvalue weighted by molar-refractivity contribution is 0.569. The van der Waals surface area contributed by atoms with Gasteiger partial charge >= 0.3 is 0 Å². The number of furan rings is 1. The lowest BCUT2D eigenvalue weighted by Gasteiger charge is -2.22. The molecule has 0 bridgehead atoms. The zero-order valence-electron chi connectivity index (χ0n) is 11.5. The molecule has 4 heteroatoms. The lowest BCUT2D eigenvalue weighted by atomic mass is 10.0. The number of fused-ring (bicyclic) bond motifs is 3. The first-order valence-electron chi connectivity index (χ1n) is 7.09. The van der Waals surface area contributed by atoms with E-state index in [0.29, 0.717) is 12.8 Å². The molecule has 1 unspecified atom stereocenters. The molecule has 107 valence electrons. The van der Waals surface area contributed by atoms with Crippen LogP contribution < -0.4 is 0 Å². The van der Waals surface area contributed by atoms with Crippen molar-refractivity contribution in [3.63, 3.8) is 0 Å². The van der Waals surface area contributed by atoms with E-state index in [1.54, 1.807) is 0 Å². The third kappa shape index (κ3) is 2.05. The molecule has 21 heavy (non-hydrogen) atoms. The highest BCUT2D eigenvalue weighted by Gasteiger charge is 2.30. The van der Waals surface area contributed by atoms with Gasteiger partial charge in [0.25, 0.3) is 0 Å². The van der Waals surface area contributed by atoms with Gasteiger partial charge in [-0.25, -0.2) is 8.42 Å². The minimum Gasteiger partial charge on any atom is -0.456 e. The van der Waals surface area contributed by atoms with Crippen molar-refractivity contribution < 1.29 is 12.8 Å². The summed E-state index contributed by atoms with van der Waals surface area (Å²) >= 11 is 0. The molecule has 4 rings (SSSR count). The molecule has 0 spiro atoms. The Morgan fingerprint density at radius 2 is 1.81 bits per heavy atom. The van der Waals surface area contributed by atoms with E-state index < -0.39 is 15.1 Å². The summed E-state index contributed by atoms with van der Waals surface area (Å²) in [6.45, 7) is 0. The van der Waals surface area contributed by atoms with Crippen molar-refractivity contribution in [1.82, 2.24) is 0 Å². The molecule has 1 aliphatic heterocycles. The zero-order valence-corrected chi connectivity index (χ0v) is 12.3. The molecular weight excluding hydrogens is 284 g/mol. The molecule has 1 aromatic heterocycles. The SMILES string of the molecule is O=S1(=O)CC[CH]CC1c1ccc2oc3ccccc3c2c1. The van der Waals surface area contributed by atoms with Gasteiger partial charge in [-0.15, -0.1) is 0 Å². The number of benzene rings is 2. The van der Waals surface area contributed by atoms with Crippen LogP contribution in [0.2, 0.25) is 0 Å². The average molecular weight is 299 g/mol. The molecule has 1 radical (unpaired) electrons. The van der Waals surface area contributed by atoms with Crippen molar-refractivity contribution in [2.45, 2.75) is 18.1 Å². The van der Waals surface area contributed by atoms with Crippen LogP contribution in [0.5, 0.6) is 0 Å². The van der Waals surface area contributed by atoms with Gasteiger partial charge in [0, 0.05) is 10.8 Å². The predicted octanol–water partition coefficient (Wildman–Crippen LogP) is 4.04. The highest BCUT2D eigenvalue weighted by molar-refractivity contribution is 7.91. The Morgan fingerprint density at radius 3 is 2.67 bits per heavy atom. The molecule has 1 aliphatic rings. The Kier molecular flexibility index (Phi) is 2.82. The highest BCUT2D eigenvalue weighted by Crippen LogP contribution is 2.36. The van der Waals surface area contributed by atoms with Gasteiger partial charge in [-0.05, 0) is 43.0 Å². The first-order chi connectivity index (χ1) is 10.1. The average Bonchev–Trinajstić information content (AvgIpc) is 2.84. The van der Waals surface area contributed by atoms with E-state index in [1.807, 2.05) is 42.5 Å². The Hall–Kier alpha value is -1.81. The molecule has 1 saturated heterocycles. The van der Waals surface area contributed by atoms with Crippen LogP contribution in [0.3, 0.4) is 0 Å². The van der Waals surface area contributed by atoms with Gasteiger partial charge in [0.2, 0.25) is 0 Å². The fourth-order valence-corrected chi connectivity index (χ4v) is 4.86. The topological polar surface area (TPSA) is 47.3 Å². The Bertz CT molecular complexity index is 922. The van der Waals surface area contributed by atoms with E-state index in [9.17, 15) is 8.42 Å². The van der Waals surface area contributed by atoms with Gasteiger partial charge in [-0.1, -0.05) is 24.3 Å². The quantitative estimate of drug-likeness (QED) is 0.681. The molecule has 1 fully saturated rings. The van der Waals surface area contributed by atoms with Crippen LogP contribution in [0.1, 0.15) is 23.7 Å². The van der Waals surface area contributed by atoms with E-state index in [4.69, 9.17) is 4.42 Å². The van der Waals surface area contributed by atoms with Crippen LogP contribution in [0.25, 0.3) is 21.9 Å². The summed E-state index contributed by atoms with van der Waals surface area (Å²) in [7, 11) is -3.04. The standard InChI is InChI=1S/C17H15O3S/c18-21(19)10-4-3-7-17(21)12-8-9-16-14(11-12)13-5-1-2-6-15(13)20-16/h1-3,5-6,8-9,11,17H,4,7,10H2. The Balaban J connectivity index is 1.92. The predicted molar refractivity (Wildman–Crippen MR) is 83.8 cm³/mol. The van der Waals surface area contributed by atoms with E-state index in [2.05, 4.69) is 6.42 Å². The zero-order chi connectivity index (χ0) is 14.4. The van der Waals surface area contributed by atoms with E-state index in [0.717, 1.165) is 27.5 Å². The van der Waals surface area contributed by atoms with E-state index >= 15 is 0 Å². The molecular formula is C17H15O3S. The van der Waals surface area contributed by atoms with Crippen molar-refractivity contribution in [2.24, 2.45) is 0 Å². The number of para-hydroxylation sites is 1. The fourth-order valence-electron chi connectivity index (χ4n) is 3.09. The van der Waals surface area contributed by atoms with Crippen LogP contribution in [0.15, 0.2) is 46.9 Å². The van der Waals surface area contributed by atoms with E-state index in [-0.39, 0.29) is 5.75 Å². The van der Waals surface area contributed by atoms with E-state index in [1.165, 1.54) is 0 Å². The highest BCUT2D eigenvalue weighted by atomic mass is 32.2. The number of hydrogen-bond acceptors (Lipinski definition) is 3. The Labute approximate surface area is 123 Å². The van der Waals surface area contributed by atoms with Crippen molar-refractivity contribution in [1.29, 1.82) is 0 Å². The summed E-state index contributed by atoms with van der Waals surface area (Å²) in [5.74, 6) is 0.252. The van der Waals surface area contributed by atoms with Crippen molar-refractivity contribution in [3.05, 3.63) is 54.4 Å². The van der Waals surface area contributed by atoms with Gasteiger partial charge in [0.1, 0.15) is 11.2 Å². The minimum atomic E-state index is -3.04. The molecule has 3 nitrogen and oxygen atoms in total. The van der Waals surface area contributed by atoms with Crippen LogP contribution in [0, 0.1) is 6.42 Å². The van der Waals surface area contributed by atoms with Crippen LogP contribution in [-0.4, -0.2) is 14.2 Å². The molecule has 2 heterocycles. The van der Waals surface area contributed by atoms with Gasteiger partial charge in [-0.2, -0.15) is 0 Å². The number of rotatable bonds is 1. The Morgan fingerprint density at radius 1 is 1.00 bits per heavy atom. The van der Waals surface area contributed by atoms with Crippen molar-refractivity contribution in [2.75, 3.05) is 5.75 Å². The number of hydrogen-bond donors (Lipinski definition) is 0. The second-order valence-electron chi connectivity index (χ2n) is 5.52. The molecule has 0 aliphatic carbocycles. The summed E-state index contributed by atoms with van der Waals surface area (Å²) in [5.41, 5.74) is 2.50. The summed E-state index contributed by atoms with van der Waals surface area (Å²) in [4.78, 5) is 0. The normalized spacial score (nSPS) is 21.8. The van der Waals surface area contributed by atoms with Crippen molar-refractivity contribution in [3.8, 4) is 0 Å². The first kappa shape index (κ1) is 12.9. The third-order valence-corrected chi connectivity index (χ3v) is 6.33. The third-order valence-electron chi connectivity index (χ3n) is 4.19. The second-order valence-corrected chi connectivity index (χ2v) is 7.83. The number of sulfone groups is 1. The van der Waals surface area contributed by atoms with Gasteiger partial charge in [0.15, 0.2) is 9.84 Å². The molecule has 0 amide bonds. The maximum Gasteiger partial charge on any atom is 0.157 e. The molecule has 0 saturated carbocycles. The smallest absolute Gasteiger partial charge is 0.157 e. The lowest BCUT2D eigenvalue weighted by Crippen LogP contribution is -2.21. The second kappa shape index (κ2) is 4.60. The summed E-state index contributed by atoms with van der Waals surface area (Å²) in [5, 5.41) is 1.61. The maximum absolute atomic E-state index is 12.3. The van der Waals surface area contributed by atoms with Gasteiger partial charge in [0.05, 0.1) is 11.0 Å². The molecule has 1 atom stereocenters. The molecule has 3 aromatic rings. The minimum absolute atomic E-state index is 0.252. The largest absolute Gasteiger partial charge is 0.456 e. The maximum atomic E-state index is 12.3. The molecule has 2 aromatic carbocycles. The monoisotopic (exact) mass is 299 g/mol.